The third-order valence-corrected chi connectivity index (χ3v) is 13.3. The van der Waals surface area contributed by atoms with E-state index >= 15 is 0 Å². The molecule has 4 aromatic heterocycles. The summed E-state index contributed by atoms with van der Waals surface area (Å²) in [5.41, 5.74) is 21.5. The van der Waals surface area contributed by atoms with Gasteiger partial charge in [0.05, 0.1) is 11.6 Å². The Morgan fingerprint density at radius 2 is 1.17 bits per heavy atom. The summed E-state index contributed by atoms with van der Waals surface area (Å²) in [4.78, 5) is 0. The lowest BCUT2D eigenvalue weighted by Gasteiger charge is -2.46. The Kier molecular flexibility index (Phi) is 4.18. The predicted octanol–water partition coefficient (Wildman–Crippen LogP) is 10.5. The highest BCUT2D eigenvalue weighted by Crippen LogP contribution is 2.59. The van der Waals surface area contributed by atoms with Gasteiger partial charge in [-0.05, 0) is 104 Å². The van der Waals surface area contributed by atoms with E-state index in [1.165, 1.54) is 104 Å². The molecule has 2 atom stereocenters. The third kappa shape index (κ3) is 2.76. The van der Waals surface area contributed by atoms with Gasteiger partial charge in [0.15, 0.2) is 0 Å². The quantitative estimate of drug-likeness (QED) is 0.150. The average molecular weight is 673 g/mol. The Labute approximate surface area is 302 Å². The summed E-state index contributed by atoms with van der Waals surface area (Å²) in [6.45, 7) is 0.0198. The van der Waals surface area contributed by atoms with Crippen LogP contribution in [-0.4, -0.2) is 15.9 Å². The molecule has 0 fully saturated rings. The molecule has 3 aliphatic heterocycles. The van der Waals surface area contributed by atoms with Crippen LogP contribution in [0.2, 0.25) is 0 Å². The fraction of sp³-hybridized carbons (Fsp3) is 0.0417. The van der Waals surface area contributed by atoms with Crippen LogP contribution in [0.1, 0.15) is 39.8 Å². The molecule has 1 aliphatic carbocycles. The maximum Gasteiger partial charge on any atom is 0.329 e. The Balaban J connectivity index is 1.24. The fourth-order valence-corrected chi connectivity index (χ4v) is 11.5. The smallest absolute Gasteiger partial charge is 0.329 e. The maximum atomic E-state index is 6.71. The highest BCUT2D eigenvalue weighted by Gasteiger charge is 2.51. The molecule has 242 valence electrons. The van der Waals surface area contributed by atoms with Gasteiger partial charge in [-0.3, -0.25) is 0 Å². The van der Waals surface area contributed by atoms with Crippen LogP contribution in [0.4, 0.5) is 0 Å². The minimum absolute atomic E-state index is 0.0198. The van der Waals surface area contributed by atoms with Crippen molar-refractivity contribution < 1.29 is 8.83 Å². The van der Waals surface area contributed by atoms with E-state index in [-0.39, 0.29) is 18.8 Å². The first-order chi connectivity index (χ1) is 26.3. The van der Waals surface area contributed by atoms with Crippen LogP contribution < -0.4 is 10.9 Å². The minimum atomic E-state index is -0.0433. The first kappa shape index (κ1) is 26.1. The zero-order chi connectivity index (χ0) is 33.8. The van der Waals surface area contributed by atoms with Crippen molar-refractivity contribution in [3.8, 4) is 22.3 Å². The Hall–Kier alpha value is -6.72. The summed E-state index contributed by atoms with van der Waals surface area (Å²) in [7, 11) is 0. The summed E-state index contributed by atoms with van der Waals surface area (Å²) in [5.74, 6) is -0.0433. The van der Waals surface area contributed by atoms with Crippen molar-refractivity contribution in [3.05, 3.63) is 168 Å². The van der Waals surface area contributed by atoms with Gasteiger partial charge in [-0.2, -0.15) is 0 Å². The molecule has 0 amide bonds. The first-order valence-electron chi connectivity index (χ1n) is 18.6. The second-order valence-corrected chi connectivity index (χ2v) is 15.5. The summed E-state index contributed by atoms with van der Waals surface area (Å²) in [6, 6.07) is 47.3. The van der Waals surface area contributed by atoms with E-state index in [9.17, 15) is 0 Å². The number of fused-ring (bicyclic) bond motifs is 18. The molecule has 0 bridgehead atoms. The van der Waals surface area contributed by atoms with Gasteiger partial charge in [-0.15, -0.1) is 0 Å². The SMILES string of the molecule is c1cc2c3c(c1)ccn3B1c3ccc4oc5ccccc5c4c3C3c4c1c-2cc1c4C(c2ccc4oc5ccccc5c4c23)n2ccc3cccc-1c32. The van der Waals surface area contributed by atoms with Crippen LogP contribution in [0.25, 0.3) is 87.9 Å². The molecular formula is C48H25BN2O2. The average Bonchev–Trinajstić information content (AvgIpc) is 4.00. The van der Waals surface area contributed by atoms with E-state index < -0.39 is 0 Å². The van der Waals surface area contributed by atoms with Crippen LogP contribution >= 0.6 is 0 Å². The lowest BCUT2D eigenvalue weighted by Crippen LogP contribution is -2.58. The molecule has 2 unspecified atom stereocenters. The van der Waals surface area contributed by atoms with Crippen molar-refractivity contribution in [1.29, 1.82) is 0 Å². The topological polar surface area (TPSA) is 36.1 Å². The lowest BCUT2D eigenvalue weighted by atomic mass is 9.39. The number of rotatable bonds is 0. The van der Waals surface area contributed by atoms with Gasteiger partial charge >= 0.3 is 6.85 Å². The van der Waals surface area contributed by atoms with E-state index in [1.807, 2.05) is 0 Å². The van der Waals surface area contributed by atoms with Crippen LogP contribution in [0, 0.1) is 0 Å². The van der Waals surface area contributed by atoms with Crippen LogP contribution in [0.15, 0.2) is 149 Å². The van der Waals surface area contributed by atoms with E-state index in [0.717, 1.165) is 22.3 Å². The van der Waals surface area contributed by atoms with E-state index in [4.69, 9.17) is 8.83 Å². The highest BCUT2D eigenvalue weighted by atomic mass is 16.3. The summed E-state index contributed by atoms with van der Waals surface area (Å²) >= 11 is 0. The maximum absolute atomic E-state index is 6.71. The third-order valence-electron chi connectivity index (χ3n) is 13.3. The molecule has 7 heterocycles. The van der Waals surface area contributed by atoms with Crippen LogP contribution in [-0.2, 0) is 0 Å². The molecule has 0 N–H and O–H groups in total. The number of para-hydroxylation sites is 4. The van der Waals surface area contributed by atoms with Gasteiger partial charge in [-0.1, -0.05) is 84.9 Å². The molecule has 11 aromatic rings. The number of furan rings is 2. The van der Waals surface area contributed by atoms with Gasteiger partial charge < -0.3 is 17.9 Å². The van der Waals surface area contributed by atoms with Gasteiger partial charge in [-0.25, -0.2) is 0 Å². The summed E-state index contributed by atoms with van der Waals surface area (Å²) in [6.07, 6.45) is 4.66. The zero-order valence-electron chi connectivity index (χ0n) is 28.2. The second-order valence-electron chi connectivity index (χ2n) is 15.5. The highest BCUT2D eigenvalue weighted by molar-refractivity contribution is 6.88. The van der Waals surface area contributed by atoms with Gasteiger partial charge in [0.1, 0.15) is 22.3 Å². The number of nitrogens with zero attached hydrogens (tertiary/aromatic N) is 2. The van der Waals surface area contributed by atoms with E-state index in [1.54, 1.807) is 0 Å². The summed E-state index contributed by atoms with van der Waals surface area (Å²) in [5, 5.41) is 7.36. The standard InChI is InChI=1S/C48H25BN2O2/c1-3-13-34-28(9-1)38-36(52-34)17-15-30-40(38)43-42-33(16-18-37-39(42)29-10-2-4-14-35(29)53-37)49-45-32(27-12-6-8-25-20-22-51(49)47(25)27)23-31-26-11-5-7-24-19-21-50(46(24)26)48(30)41(31)44(43)45/h1-23,43,48H. The molecule has 53 heavy (non-hydrogen) atoms. The Morgan fingerprint density at radius 1 is 0.491 bits per heavy atom. The monoisotopic (exact) mass is 672 g/mol. The van der Waals surface area contributed by atoms with E-state index in [2.05, 4.69) is 149 Å². The van der Waals surface area contributed by atoms with Crippen LogP contribution in [0.3, 0.4) is 0 Å². The molecule has 0 radical (unpaired) electrons. The minimum Gasteiger partial charge on any atom is -0.456 e. The Morgan fingerprint density at radius 3 is 1.96 bits per heavy atom. The molecule has 0 saturated carbocycles. The Bertz CT molecular complexity index is 3320. The van der Waals surface area contributed by atoms with Crippen molar-refractivity contribution in [2.45, 2.75) is 12.0 Å². The van der Waals surface area contributed by atoms with Crippen molar-refractivity contribution in [1.82, 2.24) is 9.05 Å². The van der Waals surface area contributed by atoms with Gasteiger partial charge in [0.2, 0.25) is 0 Å². The normalized spacial score (nSPS) is 17.0. The van der Waals surface area contributed by atoms with Crippen molar-refractivity contribution in [2.75, 3.05) is 0 Å². The van der Waals surface area contributed by atoms with Gasteiger partial charge in [0, 0.05) is 55.7 Å². The molecule has 4 aliphatic rings. The molecule has 15 rings (SSSR count). The van der Waals surface area contributed by atoms with Crippen molar-refractivity contribution in [2.24, 2.45) is 0 Å². The van der Waals surface area contributed by atoms with E-state index in [0.29, 0.717) is 0 Å². The molecular weight excluding hydrogens is 647 g/mol. The largest absolute Gasteiger partial charge is 0.456 e. The summed E-state index contributed by atoms with van der Waals surface area (Å²) < 4.78 is 18.6. The second kappa shape index (κ2) is 8.49. The predicted molar refractivity (Wildman–Crippen MR) is 214 cm³/mol. The lowest BCUT2D eigenvalue weighted by molar-refractivity contribution is 0.652. The molecule has 4 nitrogen and oxygen atoms in total. The van der Waals surface area contributed by atoms with Crippen LogP contribution in [0.5, 0.6) is 0 Å². The first-order valence-corrected chi connectivity index (χ1v) is 18.6. The van der Waals surface area contributed by atoms with Gasteiger partial charge in [0.25, 0.3) is 0 Å². The molecule has 0 spiro atoms. The van der Waals surface area contributed by atoms with Crippen molar-refractivity contribution >= 4 is 83.5 Å². The number of hydrogen-bond donors (Lipinski definition) is 0. The van der Waals surface area contributed by atoms with Crippen molar-refractivity contribution in [3.63, 3.8) is 0 Å². The zero-order valence-corrected chi connectivity index (χ0v) is 28.2. The molecule has 7 aromatic carbocycles. The number of aromatic nitrogens is 2. The number of hydrogen-bond acceptors (Lipinski definition) is 2. The number of benzene rings is 7. The molecule has 5 heteroatoms. The molecule has 0 saturated heterocycles. The fourth-order valence-electron chi connectivity index (χ4n) is 11.5.